The monoisotopic (exact) mass is 452 g/mol. The summed E-state index contributed by atoms with van der Waals surface area (Å²) in [5.74, 6) is -4.00. The van der Waals surface area contributed by atoms with Gasteiger partial charge in [0.15, 0.2) is 29.8 Å². The van der Waals surface area contributed by atoms with Crippen LogP contribution in [0.4, 0.5) is 13.2 Å². The first kappa shape index (κ1) is 24.4. The van der Waals surface area contributed by atoms with Gasteiger partial charge >= 0.3 is 0 Å². The number of sulfone groups is 1. The van der Waals surface area contributed by atoms with Crippen LogP contribution >= 0.6 is 0 Å². The average Bonchev–Trinajstić information content (AvgIpc) is 2.60. The molecule has 9 heteroatoms. The summed E-state index contributed by atoms with van der Waals surface area (Å²) in [6, 6.07) is 0.439. The summed E-state index contributed by atoms with van der Waals surface area (Å²) in [4.78, 5) is -0.803. The van der Waals surface area contributed by atoms with E-state index in [0.29, 0.717) is 6.07 Å². The molecule has 0 bridgehead atoms. The number of rotatable bonds is 5. The molecule has 29 heavy (non-hydrogen) atoms. The number of ether oxygens (including phenoxy) is 1. The Balaban J connectivity index is 2.30. The van der Waals surface area contributed by atoms with E-state index >= 15 is 0 Å². The largest absolute Gasteiger partial charge is 0.414 e. The van der Waals surface area contributed by atoms with Crippen LogP contribution in [0.5, 0.6) is 0 Å². The second-order valence-electron chi connectivity index (χ2n) is 9.58. The zero-order valence-corrected chi connectivity index (χ0v) is 20.0. The van der Waals surface area contributed by atoms with E-state index in [1.165, 1.54) is 6.92 Å². The molecule has 0 saturated carbocycles. The van der Waals surface area contributed by atoms with E-state index in [9.17, 15) is 21.6 Å². The summed E-state index contributed by atoms with van der Waals surface area (Å²) in [7, 11) is -6.33. The van der Waals surface area contributed by atoms with Gasteiger partial charge in [0.1, 0.15) is 10.7 Å². The first-order valence-electron chi connectivity index (χ1n) is 9.68. The Bertz CT molecular complexity index is 881. The third-order valence-electron chi connectivity index (χ3n) is 6.36. The van der Waals surface area contributed by atoms with Gasteiger partial charge in [-0.1, -0.05) is 20.8 Å². The lowest BCUT2D eigenvalue weighted by molar-refractivity contribution is -0.0259. The molecular formula is C20H31F3O4SSi. The van der Waals surface area contributed by atoms with E-state index in [0.717, 1.165) is 6.92 Å². The summed E-state index contributed by atoms with van der Waals surface area (Å²) in [6.45, 7) is 13.4. The predicted octanol–water partition coefficient (Wildman–Crippen LogP) is 5.15. The Kier molecular flexibility index (Phi) is 6.70. The van der Waals surface area contributed by atoms with Crippen molar-refractivity contribution < 1.29 is 30.8 Å². The first-order chi connectivity index (χ1) is 13.0. The molecule has 1 aromatic carbocycles. The normalized spacial score (nSPS) is 24.0. The molecule has 1 fully saturated rings. The van der Waals surface area contributed by atoms with Gasteiger partial charge in [0.05, 0.1) is 17.5 Å². The fraction of sp³-hybridized carbons (Fsp3) is 0.700. The maximum absolute atomic E-state index is 14.6. The zero-order valence-electron chi connectivity index (χ0n) is 18.2. The Labute approximate surface area is 172 Å². The smallest absolute Gasteiger partial charge is 0.192 e. The molecule has 0 spiro atoms. The van der Waals surface area contributed by atoms with E-state index < -0.39 is 56.9 Å². The van der Waals surface area contributed by atoms with Crippen molar-refractivity contribution in [1.29, 1.82) is 0 Å². The van der Waals surface area contributed by atoms with E-state index in [2.05, 4.69) is 33.9 Å². The molecule has 0 N–H and O–H groups in total. The third-order valence-corrected chi connectivity index (χ3v) is 13.4. The summed E-state index contributed by atoms with van der Waals surface area (Å²) in [6.07, 6.45) is -0.266. The number of hydrogen-bond acceptors (Lipinski definition) is 4. The highest BCUT2D eigenvalue weighted by molar-refractivity contribution is 7.92. The summed E-state index contributed by atoms with van der Waals surface area (Å²) in [5, 5.41) is -0.0106. The Hall–Kier alpha value is -0.903. The van der Waals surface area contributed by atoms with Crippen molar-refractivity contribution in [1.82, 2.24) is 0 Å². The molecule has 0 amide bonds. The molecule has 2 unspecified atom stereocenters. The summed E-state index contributed by atoms with van der Waals surface area (Å²) >= 11 is 0. The van der Waals surface area contributed by atoms with Crippen molar-refractivity contribution >= 4 is 18.2 Å². The lowest BCUT2D eigenvalue weighted by Gasteiger charge is -2.41. The molecule has 1 saturated heterocycles. The highest BCUT2D eigenvalue weighted by atomic mass is 32.2. The minimum absolute atomic E-state index is 0.0106. The predicted molar refractivity (Wildman–Crippen MR) is 109 cm³/mol. The van der Waals surface area contributed by atoms with Gasteiger partial charge in [-0.2, -0.15) is 0 Å². The van der Waals surface area contributed by atoms with E-state index in [1.807, 2.05) is 0 Å². The highest BCUT2D eigenvalue weighted by Gasteiger charge is 2.47. The number of halogens is 3. The van der Waals surface area contributed by atoms with Crippen LogP contribution in [0.1, 0.15) is 46.1 Å². The molecule has 0 aromatic heterocycles. The van der Waals surface area contributed by atoms with Gasteiger partial charge in [-0.15, -0.1) is 0 Å². The molecule has 4 nitrogen and oxygen atoms in total. The van der Waals surface area contributed by atoms with E-state index in [-0.39, 0.29) is 31.1 Å². The van der Waals surface area contributed by atoms with Gasteiger partial charge in [0.2, 0.25) is 0 Å². The van der Waals surface area contributed by atoms with Crippen LogP contribution in [0, 0.1) is 24.4 Å². The van der Waals surface area contributed by atoms with Gasteiger partial charge in [0, 0.05) is 12.2 Å². The van der Waals surface area contributed by atoms with E-state index in [1.54, 1.807) is 0 Å². The van der Waals surface area contributed by atoms with Gasteiger partial charge in [-0.25, -0.2) is 21.6 Å². The summed E-state index contributed by atoms with van der Waals surface area (Å²) < 4.78 is 79.0. The highest BCUT2D eigenvalue weighted by Crippen LogP contribution is 2.40. The Morgan fingerprint density at radius 1 is 1.24 bits per heavy atom. The molecule has 2 rings (SSSR count). The van der Waals surface area contributed by atoms with Crippen molar-refractivity contribution in [3.8, 4) is 0 Å². The van der Waals surface area contributed by atoms with Crippen molar-refractivity contribution in [2.75, 3.05) is 13.2 Å². The Morgan fingerprint density at radius 2 is 1.83 bits per heavy atom. The van der Waals surface area contributed by atoms with E-state index in [4.69, 9.17) is 9.16 Å². The molecule has 1 heterocycles. The van der Waals surface area contributed by atoms with Crippen LogP contribution in [0.3, 0.4) is 0 Å². The minimum Gasteiger partial charge on any atom is -0.414 e. The molecular weight excluding hydrogens is 421 g/mol. The van der Waals surface area contributed by atoms with Crippen molar-refractivity contribution in [2.45, 2.75) is 81.3 Å². The third kappa shape index (κ3) is 4.57. The summed E-state index contributed by atoms with van der Waals surface area (Å²) in [5.41, 5.74) is -0.642. The molecule has 1 aliphatic heterocycles. The fourth-order valence-electron chi connectivity index (χ4n) is 3.12. The van der Waals surface area contributed by atoms with Crippen LogP contribution in [-0.4, -0.2) is 40.8 Å². The topological polar surface area (TPSA) is 52.6 Å². The molecule has 166 valence electrons. The quantitative estimate of drug-likeness (QED) is 0.352. The number of benzene rings is 1. The van der Waals surface area contributed by atoms with Gasteiger partial charge in [0.25, 0.3) is 0 Å². The second-order valence-corrected chi connectivity index (χ2v) is 16.8. The zero-order chi connectivity index (χ0) is 22.4. The SMILES string of the molecule is Cc1c(F)c(F)cc(S(=O)(=O)C2(C)CCOC(CO[Si](C)(C)C(C)(C)C)C2)c1F. The number of hydrogen-bond donors (Lipinski definition) is 0. The van der Waals surface area contributed by atoms with Crippen LogP contribution in [-0.2, 0) is 19.0 Å². The molecule has 1 aliphatic rings. The van der Waals surface area contributed by atoms with Crippen molar-refractivity contribution in [2.24, 2.45) is 0 Å². The standard InChI is InChI=1S/C20H31F3O4SSi/c1-13-17(22)15(21)10-16(18(13)23)28(24,25)20(5)8-9-26-14(11-20)12-27-29(6,7)19(2,3)4/h10,14H,8-9,11-12H2,1-7H3. The maximum Gasteiger partial charge on any atom is 0.192 e. The van der Waals surface area contributed by atoms with Crippen LogP contribution < -0.4 is 0 Å². The van der Waals surface area contributed by atoms with Gasteiger partial charge in [-0.05, 0) is 50.9 Å². The fourth-order valence-corrected chi connectivity index (χ4v) is 6.09. The lowest BCUT2D eigenvalue weighted by atomic mass is 9.97. The molecule has 0 radical (unpaired) electrons. The van der Waals surface area contributed by atoms with Crippen molar-refractivity contribution in [3.05, 3.63) is 29.1 Å². The average molecular weight is 453 g/mol. The van der Waals surface area contributed by atoms with Gasteiger partial charge in [-0.3, -0.25) is 0 Å². The molecule has 2 atom stereocenters. The Morgan fingerprint density at radius 3 is 2.38 bits per heavy atom. The first-order valence-corrected chi connectivity index (χ1v) is 14.1. The molecule has 1 aromatic rings. The van der Waals surface area contributed by atoms with Crippen LogP contribution in [0.25, 0.3) is 0 Å². The maximum atomic E-state index is 14.6. The second kappa shape index (κ2) is 7.98. The lowest BCUT2D eigenvalue weighted by Crippen LogP contribution is -2.48. The molecule has 0 aliphatic carbocycles. The minimum atomic E-state index is -4.27. The van der Waals surface area contributed by atoms with Crippen LogP contribution in [0.2, 0.25) is 18.1 Å². The van der Waals surface area contributed by atoms with Crippen molar-refractivity contribution in [3.63, 3.8) is 0 Å². The van der Waals surface area contributed by atoms with Gasteiger partial charge < -0.3 is 9.16 Å². The van der Waals surface area contributed by atoms with Crippen LogP contribution in [0.15, 0.2) is 11.0 Å².